The van der Waals surface area contributed by atoms with Crippen molar-refractivity contribution in [3.05, 3.63) is 41.6 Å². The number of piperidine rings is 1. The van der Waals surface area contributed by atoms with Crippen molar-refractivity contribution in [2.45, 2.75) is 64.7 Å². The molecule has 174 valence electrons. The first-order valence-electron chi connectivity index (χ1n) is 12.8. The molecule has 1 aromatic heterocycles. The number of amides is 1. The van der Waals surface area contributed by atoms with Gasteiger partial charge in [-0.05, 0) is 94.6 Å². The lowest BCUT2D eigenvalue weighted by Crippen LogP contribution is -2.52. The lowest BCUT2D eigenvalue weighted by molar-refractivity contribution is -0.146. The minimum atomic E-state index is -0.176. The van der Waals surface area contributed by atoms with Crippen LogP contribution in [0.1, 0.15) is 69.0 Å². The molecule has 4 aliphatic carbocycles. The molecule has 5 fully saturated rings. The van der Waals surface area contributed by atoms with Crippen LogP contribution in [0.5, 0.6) is 0 Å². The van der Waals surface area contributed by atoms with Gasteiger partial charge in [-0.3, -0.25) is 4.79 Å². The highest BCUT2D eigenvalue weighted by Crippen LogP contribution is 2.60. The van der Waals surface area contributed by atoms with Crippen LogP contribution in [0.25, 0.3) is 5.69 Å². The second kappa shape index (κ2) is 8.30. The quantitative estimate of drug-likeness (QED) is 0.529. The fourth-order valence-electron chi connectivity index (χ4n) is 7.50. The zero-order valence-corrected chi connectivity index (χ0v) is 19.7. The molecule has 0 unspecified atom stereocenters. The third-order valence-electron chi connectivity index (χ3n) is 8.62. The van der Waals surface area contributed by atoms with E-state index in [1.165, 1.54) is 38.5 Å². The Morgan fingerprint density at radius 1 is 1.03 bits per heavy atom. The standard InChI is InChI=1S/C27H35N5O/c1-19-24(18-28-29-26(33)27-15-20-12-21(16-27)14-22(13-20)17-27)25(31-10-6-3-7-11-31)32(30-19)23-8-4-2-5-9-23/h2,4-5,8-9,18,20-22H,3,6-7,10-17H2,1H3,(H,29,33)/b28-18+. The van der Waals surface area contributed by atoms with Gasteiger partial charge in [-0.15, -0.1) is 0 Å². The van der Waals surface area contributed by atoms with E-state index in [1.54, 1.807) is 0 Å². The first kappa shape index (κ1) is 20.9. The number of hydrazone groups is 1. The zero-order chi connectivity index (χ0) is 22.4. The predicted molar refractivity (Wildman–Crippen MR) is 131 cm³/mol. The topological polar surface area (TPSA) is 62.5 Å². The Morgan fingerprint density at radius 2 is 1.67 bits per heavy atom. The minimum absolute atomic E-state index is 0.144. The molecule has 1 saturated heterocycles. The molecule has 1 N–H and O–H groups in total. The number of benzene rings is 1. The minimum Gasteiger partial charge on any atom is -0.356 e. The molecule has 1 aromatic carbocycles. The molecule has 2 aromatic rings. The lowest BCUT2D eigenvalue weighted by atomic mass is 9.49. The molecular formula is C27H35N5O. The van der Waals surface area contributed by atoms with Gasteiger partial charge in [0.25, 0.3) is 0 Å². The Labute approximate surface area is 196 Å². The van der Waals surface area contributed by atoms with Crippen molar-refractivity contribution in [1.29, 1.82) is 0 Å². The fraction of sp³-hybridized carbons (Fsp3) is 0.593. The van der Waals surface area contributed by atoms with Gasteiger partial charge in [0.15, 0.2) is 0 Å². The van der Waals surface area contributed by atoms with Gasteiger partial charge in [0.05, 0.1) is 28.6 Å². The second-order valence-electron chi connectivity index (χ2n) is 11.0. The summed E-state index contributed by atoms with van der Waals surface area (Å²) < 4.78 is 2.04. The van der Waals surface area contributed by atoms with Crippen LogP contribution in [0, 0.1) is 30.1 Å². The van der Waals surface area contributed by atoms with E-state index in [-0.39, 0.29) is 11.3 Å². The molecule has 0 spiro atoms. The Hall–Kier alpha value is -2.63. The number of carbonyl (C=O) groups excluding carboxylic acids is 1. The van der Waals surface area contributed by atoms with Gasteiger partial charge in [-0.25, -0.2) is 10.1 Å². The van der Waals surface area contributed by atoms with E-state index < -0.39 is 0 Å². The number of hydrogen-bond donors (Lipinski definition) is 1. The third-order valence-corrected chi connectivity index (χ3v) is 8.62. The molecule has 0 radical (unpaired) electrons. The summed E-state index contributed by atoms with van der Waals surface area (Å²) in [6.45, 7) is 4.09. The number of rotatable bonds is 5. The van der Waals surface area contributed by atoms with Crippen LogP contribution >= 0.6 is 0 Å². The number of hydrogen-bond acceptors (Lipinski definition) is 4. The molecule has 4 saturated carbocycles. The maximum absolute atomic E-state index is 13.3. The van der Waals surface area contributed by atoms with E-state index in [9.17, 15) is 4.79 Å². The number of aryl methyl sites for hydroxylation is 1. The van der Waals surface area contributed by atoms with Crippen LogP contribution in [-0.4, -0.2) is 35.0 Å². The van der Waals surface area contributed by atoms with Gasteiger partial charge >= 0.3 is 0 Å². The van der Waals surface area contributed by atoms with E-state index in [2.05, 4.69) is 27.6 Å². The molecule has 6 heteroatoms. The summed E-state index contributed by atoms with van der Waals surface area (Å²) in [5, 5.41) is 9.40. The summed E-state index contributed by atoms with van der Waals surface area (Å²) in [7, 11) is 0. The Bertz CT molecular complexity index is 1010. The molecule has 4 bridgehead atoms. The summed E-state index contributed by atoms with van der Waals surface area (Å²) in [5.41, 5.74) is 5.79. The Balaban J connectivity index is 1.27. The summed E-state index contributed by atoms with van der Waals surface area (Å²) >= 11 is 0. The molecule has 33 heavy (non-hydrogen) atoms. The van der Waals surface area contributed by atoms with E-state index >= 15 is 0 Å². The Kier molecular flexibility index (Phi) is 5.27. The van der Waals surface area contributed by atoms with E-state index in [0.717, 1.165) is 72.9 Å². The maximum Gasteiger partial charge on any atom is 0.246 e. The van der Waals surface area contributed by atoms with Gasteiger partial charge < -0.3 is 4.90 Å². The van der Waals surface area contributed by atoms with Crippen LogP contribution in [0.15, 0.2) is 35.4 Å². The predicted octanol–water partition coefficient (Wildman–Crippen LogP) is 4.84. The number of para-hydroxylation sites is 1. The smallest absolute Gasteiger partial charge is 0.246 e. The van der Waals surface area contributed by atoms with Crippen molar-refractivity contribution in [2.75, 3.05) is 18.0 Å². The second-order valence-corrected chi connectivity index (χ2v) is 11.0. The SMILES string of the molecule is Cc1nn(-c2ccccc2)c(N2CCCCC2)c1/C=N/NC(=O)C12CC3CC(CC(C3)C1)C2. The number of anilines is 1. The number of nitrogens with one attached hydrogen (secondary N) is 1. The van der Waals surface area contributed by atoms with Crippen LogP contribution < -0.4 is 10.3 Å². The van der Waals surface area contributed by atoms with Gasteiger partial charge in [-0.1, -0.05) is 18.2 Å². The number of aromatic nitrogens is 2. The van der Waals surface area contributed by atoms with Crippen LogP contribution in [-0.2, 0) is 4.79 Å². The van der Waals surface area contributed by atoms with E-state index in [1.807, 2.05) is 36.0 Å². The highest BCUT2D eigenvalue weighted by atomic mass is 16.2. The first-order chi connectivity index (χ1) is 16.1. The van der Waals surface area contributed by atoms with Crippen LogP contribution in [0.2, 0.25) is 0 Å². The Morgan fingerprint density at radius 3 is 2.30 bits per heavy atom. The van der Waals surface area contributed by atoms with Crippen molar-refractivity contribution in [3.8, 4) is 5.69 Å². The highest BCUT2D eigenvalue weighted by molar-refractivity contribution is 5.90. The molecule has 5 aliphatic rings. The molecule has 6 nitrogen and oxygen atoms in total. The summed E-state index contributed by atoms with van der Waals surface area (Å²) in [6, 6.07) is 10.3. The molecular weight excluding hydrogens is 410 g/mol. The molecule has 7 rings (SSSR count). The maximum atomic E-state index is 13.3. The van der Waals surface area contributed by atoms with E-state index in [0.29, 0.717) is 0 Å². The van der Waals surface area contributed by atoms with Gasteiger partial charge in [0.2, 0.25) is 5.91 Å². The molecule has 0 atom stereocenters. The summed E-state index contributed by atoms with van der Waals surface area (Å²) in [5.74, 6) is 3.49. The van der Waals surface area contributed by atoms with Crippen LogP contribution in [0.3, 0.4) is 0 Å². The van der Waals surface area contributed by atoms with Crippen molar-refractivity contribution in [1.82, 2.24) is 15.2 Å². The average Bonchev–Trinajstić information content (AvgIpc) is 3.15. The number of carbonyl (C=O) groups is 1. The molecule has 2 heterocycles. The van der Waals surface area contributed by atoms with E-state index in [4.69, 9.17) is 5.10 Å². The van der Waals surface area contributed by atoms with Gasteiger partial charge in [0.1, 0.15) is 5.82 Å². The largest absolute Gasteiger partial charge is 0.356 e. The zero-order valence-electron chi connectivity index (χ0n) is 19.7. The van der Waals surface area contributed by atoms with Crippen molar-refractivity contribution < 1.29 is 4.79 Å². The average molecular weight is 446 g/mol. The monoisotopic (exact) mass is 445 g/mol. The molecule has 1 amide bonds. The first-order valence-corrected chi connectivity index (χ1v) is 12.8. The lowest BCUT2D eigenvalue weighted by Gasteiger charge is -2.55. The van der Waals surface area contributed by atoms with Crippen LogP contribution in [0.4, 0.5) is 5.82 Å². The summed E-state index contributed by atoms with van der Waals surface area (Å²) in [4.78, 5) is 15.8. The number of nitrogens with zero attached hydrogens (tertiary/aromatic N) is 4. The normalized spacial score (nSPS) is 30.8. The summed E-state index contributed by atoms with van der Waals surface area (Å²) in [6.07, 6.45) is 12.7. The van der Waals surface area contributed by atoms with Crippen molar-refractivity contribution >= 4 is 17.9 Å². The van der Waals surface area contributed by atoms with Gasteiger partial charge in [0, 0.05) is 13.1 Å². The van der Waals surface area contributed by atoms with Gasteiger partial charge in [-0.2, -0.15) is 10.2 Å². The third kappa shape index (κ3) is 3.77. The highest BCUT2D eigenvalue weighted by Gasteiger charge is 2.54. The van der Waals surface area contributed by atoms with Crippen molar-refractivity contribution in [3.63, 3.8) is 0 Å². The fourth-order valence-corrected chi connectivity index (χ4v) is 7.50. The molecule has 1 aliphatic heterocycles. The van der Waals surface area contributed by atoms with Crippen molar-refractivity contribution in [2.24, 2.45) is 28.3 Å².